The van der Waals surface area contributed by atoms with E-state index in [1.54, 1.807) is 4.88 Å². The Hall–Kier alpha value is -0.340. The van der Waals surface area contributed by atoms with Crippen molar-refractivity contribution in [3.05, 3.63) is 21.9 Å². The molecular formula is C12H19NS. The van der Waals surface area contributed by atoms with Crippen LogP contribution in [0.15, 0.2) is 11.4 Å². The summed E-state index contributed by atoms with van der Waals surface area (Å²) >= 11 is 1.92. The first kappa shape index (κ1) is 10.2. The highest BCUT2D eigenvalue weighted by molar-refractivity contribution is 7.10. The zero-order valence-electron chi connectivity index (χ0n) is 9.10. The third kappa shape index (κ3) is 1.86. The van der Waals surface area contributed by atoms with Crippen LogP contribution in [-0.4, -0.2) is 13.6 Å². The molecule has 0 amide bonds. The van der Waals surface area contributed by atoms with Crippen molar-refractivity contribution in [2.45, 2.75) is 32.6 Å². The summed E-state index contributed by atoms with van der Waals surface area (Å²) in [6.45, 7) is 3.42. The Bertz CT molecular complexity index is 299. The Balaban J connectivity index is 2.05. The molecule has 78 valence electrons. The average molecular weight is 209 g/mol. The molecule has 1 heterocycles. The molecule has 1 saturated carbocycles. The maximum Gasteiger partial charge on any atom is 0.00804 e. The predicted octanol–water partition coefficient (Wildman–Crippen LogP) is 2.99. The zero-order valence-corrected chi connectivity index (χ0v) is 9.91. The largest absolute Gasteiger partial charge is 0.319 e. The van der Waals surface area contributed by atoms with Crippen LogP contribution in [0.2, 0.25) is 0 Å². The van der Waals surface area contributed by atoms with E-state index in [-0.39, 0.29) is 0 Å². The quantitative estimate of drug-likeness (QED) is 0.804. The summed E-state index contributed by atoms with van der Waals surface area (Å²) in [7, 11) is 2.07. The van der Waals surface area contributed by atoms with E-state index < -0.39 is 0 Å². The van der Waals surface area contributed by atoms with Crippen LogP contribution in [0.4, 0.5) is 0 Å². The molecular weight excluding hydrogens is 190 g/mol. The first-order valence-electron chi connectivity index (χ1n) is 5.43. The van der Waals surface area contributed by atoms with Gasteiger partial charge in [-0.1, -0.05) is 6.42 Å². The van der Waals surface area contributed by atoms with E-state index in [1.165, 1.54) is 37.8 Å². The van der Waals surface area contributed by atoms with E-state index >= 15 is 0 Å². The van der Waals surface area contributed by atoms with E-state index in [4.69, 9.17) is 0 Å². The van der Waals surface area contributed by atoms with Crippen LogP contribution in [0.1, 0.15) is 29.7 Å². The highest BCUT2D eigenvalue weighted by Crippen LogP contribution is 2.44. The molecule has 0 atom stereocenters. The van der Waals surface area contributed by atoms with Gasteiger partial charge in [0.15, 0.2) is 0 Å². The predicted molar refractivity (Wildman–Crippen MR) is 63.0 cm³/mol. The molecule has 0 saturated heterocycles. The Kier molecular flexibility index (Phi) is 2.93. The molecule has 2 heteroatoms. The fraction of sp³-hybridized carbons (Fsp3) is 0.667. The highest BCUT2D eigenvalue weighted by Gasteiger charge is 2.36. The van der Waals surface area contributed by atoms with E-state index in [2.05, 4.69) is 30.7 Å². The second kappa shape index (κ2) is 4.03. The Labute approximate surface area is 90.5 Å². The topological polar surface area (TPSA) is 12.0 Å². The molecule has 1 aromatic rings. The number of thiophene rings is 1. The van der Waals surface area contributed by atoms with Gasteiger partial charge >= 0.3 is 0 Å². The number of nitrogens with one attached hydrogen (secondary N) is 1. The summed E-state index contributed by atoms with van der Waals surface area (Å²) in [6.07, 6.45) is 5.53. The third-order valence-corrected chi connectivity index (χ3v) is 4.49. The lowest BCUT2D eigenvalue weighted by molar-refractivity contribution is 0.134. The second-order valence-corrected chi connectivity index (χ2v) is 5.59. The maximum atomic E-state index is 3.35. The van der Waals surface area contributed by atoms with Crippen molar-refractivity contribution in [2.75, 3.05) is 13.6 Å². The van der Waals surface area contributed by atoms with Crippen molar-refractivity contribution in [3.63, 3.8) is 0 Å². The van der Waals surface area contributed by atoms with Gasteiger partial charge in [0.05, 0.1) is 0 Å². The number of rotatable bonds is 4. The molecule has 1 nitrogen and oxygen atoms in total. The zero-order chi connectivity index (χ0) is 10.0. The molecule has 0 bridgehead atoms. The van der Waals surface area contributed by atoms with Crippen molar-refractivity contribution in [1.82, 2.24) is 5.32 Å². The number of hydrogen-bond donors (Lipinski definition) is 1. The molecule has 1 N–H and O–H groups in total. The van der Waals surface area contributed by atoms with Crippen LogP contribution < -0.4 is 5.32 Å². The van der Waals surface area contributed by atoms with Gasteiger partial charge in [-0.25, -0.2) is 0 Å². The lowest BCUT2D eigenvalue weighted by atomic mass is 9.66. The molecule has 0 aliphatic heterocycles. The van der Waals surface area contributed by atoms with Gasteiger partial charge in [0.25, 0.3) is 0 Å². The van der Waals surface area contributed by atoms with Crippen molar-refractivity contribution in [2.24, 2.45) is 5.41 Å². The van der Waals surface area contributed by atoms with Gasteiger partial charge in [-0.2, -0.15) is 0 Å². The Morgan fingerprint density at radius 2 is 2.29 bits per heavy atom. The molecule has 2 rings (SSSR count). The fourth-order valence-electron chi connectivity index (χ4n) is 2.39. The average Bonchev–Trinajstić information content (AvgIpc) is 2.48. The standard InChI is InChI=1S/C12H19NS/c1-10-4-7-14-11(10)8-12(9-13-2)5-3-6-12/h4,7,13H,3,5-6,8-9H2,1-2H3. The van der Waals surface area contributed by atoms with Crippen LogP contribution in [0.3, 0.4) is 0 Å². The Morgan fingerprint density at radius 1 is 1.50 bits per heavy atom. The monoisotopic (exact) mass is 209 g/mol. The smallest absolute Gasteiger partial charge is 0.00804 e. The molecule has 1 aliphatic carbocycles. The van der Waals surface area contributed by atoms with E-state index in [9.17, 15) is 0 Å². The van der Waals surface area contributed by atoms with Crippen LogP contribution >= 0.6 is 11.3 Å². The first-order valence-corrected chi connectivity index (χ1v) is 6.31. The van der Waals surface area contributed by atoms with E-state index in [0.29, 0.717) is 5.41 Å². The van der Waals surface area contributed by atoms with Crippen LogP contribution in [0, 0.1) is 12.3 Å². The lowest BCUT2D eigenvalue weighted by Crippen LogP contribution is -2.40. The molecule has 0 aromatic carbocycles. The van der Waals surface area contributed by atoms with Gasteiger partial charge in [-0.05, 0) is 55.7 Å². The van der Waals surface area contributed by atoms with Gasteiger partial charge in [0, 0.05) is 11.4 Å². The van der Waals surface area contributed by atoms with Gasteiger partial charge in [0.1, 0.15) is 0 Å². The van der Waals surface area contributed by atoms with Crippen LogP contribution in [0.25, 0.3) is 0 Å². The van der Waals surface area contributed by atoms with Gasteiger partial charge in [-0.3, -0.25) is 0 Å². The summed E-state index contributed by atoms with van der Waals surface area (Å²) in [6, 6.07) is 2.24. The molecule has 1 aliphatic rings. The van der Waals surface area contributed by atoms with Crippen molar-refractivity contribution >= 4 is 11.3 Å². The summed E-state index contributed by atoms with van der Waals surface area (Å²) in [5, 5.41) is 5.57. The highest BCUT2D eigenvalue weighted by atomic mass is 32.1. The minimum atomic E-state index is 0.588. The third-order valence-electron chi connectivity index (χ3n) is 3.47. The molecule has 1 aromatic heterocycles. The first-order chi connectivity index (χ1) is 6.76. The lowest BCUT2D eigenvalue weighted by Gasteiger charge is -2.42. The minimum Gasteiger partial charge on any atom is -0.319 e. The molecule has 0 unspecified atom stereocenters. The summed E-state index contributed by atoms with van der Waals surface area (Å²) in [5.74, 6) is 0. The number of aryl methyl sites for hydroxylation is 1. The van der Waals surface area contributed by atoms with Crippen molar-refractivity contribution in [3.8, 4) is 0 Å². The van der Waals surface area contributed by atoms with E-state index in [0.717, 1.165) is 0 Å². The summed E-state index contributed by atoms with van der Waals surface area (Å²) in [4.78, 5) is 1.60. The summed E-state index contributed by atoms with van der Waals surface area (Å²) in [5.41, 5.74) is 2.07. The minimum absolute atomic E-state index is 0.588. The van der Waals surface area contributed by atoms with Gasteiger partial charge in [0.2, 0.25) is 0 Å². The van der Waals surface area contributed by atoms with Crippen molar-refractivity contribution in [1.29, 1.82) is 0 Å². The molecule has 0 radical (unpaired) electrons. The summed E-state index contributed by atoms with van der Waals surface area (Å²) < 4.78 is 0. The second-order valence-electron chi connectivity index (χ2n) is 4.59. The Morgan fingerprint density at radius 3 is 2.71 bits per heavy atom. The van der Waals surface area contributed by atoms with Crippen LogP contribution in [-0.2, 0) is 6.42 Å². The van der Waals surface area contributed by atoms with Crippen LogP contribution in [0.5, 0.6) is 0 Å². The SMILES string of the molecule is CNCC1(Cc2sccc2C)CCC1. The van der Waals surface area contributed by atoms with Gasteiger partial charge in [-0.15, -0.1) is 11.3 Å². The van der Waals surface area contributed by atoms with E-state index in [1.807, 2.05) is 11.3 Å². The van der Waals surface area contributed by atoms with Crippen molar-refractivity contribution < 1.29 is 0 Å². The fourth-order valence-corrected chi connectivity index (χ4v) is 3.47. The normalized spacial score (nSPS) is 19.3. The van der Waals surface area contributed by atoms with Gasteiger partial charge < -0.3 is 5.32 Å². The molecule has 14 heavy (non-hydrogen) atoms. The molecule has 0 spiro atoms. The molecule has 1 fully saturated rings. The maximum absolute atomic E-state index is 3.35. The number of hydrogen-bond acceptors (Lipinski definition) is 2.